The fourth-order valence-electron chi connectivity index (χ4n) is 2.22. The normalized spacial score (nSPS) is 11.2. The lowest BCUT2D eigenvalue weighted by Crippen LogP contribution is -2.08. The number of hydrogen-bond donors (Lipinski definition) is 0. The molecule has 2 rings (SSSR count). The maximum atomic E-state index is 5.94. The van der Waals surface area contributed by atoms with Crippen LogP contribution < -0.4 is 14.2 Å². The zero-order valence-corrected chi connectivity index (χ0v) is 14.7. The van der Waals surface area contributed by atoms with Gasteiger partial charge in [-0.15, -0.1) is 0 Å². The Labute approximate surface area is 134 Å². The van der Waals surface area contributed by atoms with Crippen LogP contribution in [0.4, 0.5) is 0 Å². The van der Waals surface area contributed by atoms with Crippen LogP contribution in [0.2, 0.25) is 0 Å². The van der Waals surface area contributed by atoms with Crippen LogP contribution in [-0.4, -0.2) is 19.3 Å². The number of ether oxygens (including phenoxy) is 3. The van der Waals surface area contributed by atoms with Gasteiger partial charge in [0.15, 0.2) is 0 Å². The molecule has 114 valence electrons. The maximum absolute atomic E-state index is 5.94. The summed E-state index contributed by atoms with van der Waals surface area (Å²) in [6.07, 6.45) is 0.199. The van der Waals surface area contributed by atoms with Crippen LogP contribution in [0.1, 0.15) is 27.7 Å². The Hall–Kier alpha value is -1.42. The first-order valence-corrected chi connectivity index (χ1v) is 7.85. The van der Waals surface area contributed by atoms with Crippen LogP contribution in [0.5, 0.6) is 17.2 Å². The van der Waals surface area contributed by atoms with Gasteiger partial charge in [-0.3, -0.25) is 0 Å². The monoisotopic (exact) mass is 352 g/mol. The zero-order valence-electron chi connectivity index (χ0n) is 13.1. The fourth-order valence-corrected chi connectivity index (χ4v) is 2.73. The van der Waals surface area contributed by atoms with Gasteiger partial charge in [-0.1, -0.05) is 0 Å². The SMILES string of the molecule is COc1c(Br)ccc2c(OC(C)C)cc(OC(C)C)cc12. The summed E-state index contributed by atoms with van der Waals surface area (Å²) < 4.78 is 18.2. The third-order valence-electron chi connectivity index (χ3n) is 2.91. The predicted molar refractivity (Wildman–Crippen MR) is 89.7 cm³/mol. The standard InChI is InChI=1S/C17H21BrO3/c1-10(2)20-12-8-14-13(16(9-12)21-11(3)4)6-7-15(18)17(14)19-5/h6-11H,1-5H3. The lowest BCUT2D eigenvalue weighted by molar-refractivity contribution is 0.231. The number of benzene rings is 2. The van der Waals surface area contributed by atoms with Gasteiger partial charge in [0, 0.05) is 16.8 Å². The van der Waals surface area contributed by atoms with Crippen molar-refractivity contribution in [3.63, 3.8) is 0 Å². The van der Waals surface area contributed by atoms with E-state index in [0.717, 1.165) is 32.5 Å². The van der Waals surface area contributed by atoms with E-state index in [4.69, 9.17) is 14.2 Å². The molecule has 0 fully saturated rings. The van der Waals surface area contributed by atoms with E-state index >= 15 is 0 Å². The fraction of sp³-hybridized carbons (Fsp3) is 0.412. The molecule has 0 bridgehead atoms. The van der Waals surface area contributed by atoms with Gasteiger partial charge < -0.3 is 14.2 Å². The molecule has 0 aliphatic heterocycles. The lowest BCUT2D eigenvalue weighted by Gasteiger charge is -2.18. The van der Waals surface area contributed by atoms with Crippen molar-refractivity contribution in [3.8, 4) is 17.2 Å². The number of fused-ring (bicyclic) bond motifs is 1. The van der Waals surface area contributed by atoms with Crippen LogP contribution in [0, 0.1) is 0 Å². The van der Waals surface area contributed by atoms with Crippen LogP contribution in [0.3, 0.4) is 0 Å². The molecule has 0 aliphatic carbocycles. The summed E-state index contributed by atoms with van der Waals surface area (Å²) in [5, 5.41) is 1.99. The van der Waals surface area contributed by atoms with Crippen molar-refractivity contribution < 1.29 is 14.2 Å². The molecule has 0 amide bonds. The van der Waals surface area contributed by atoms with Crippen molar-refractivity contribution in [1.82, 2.24) is 0 Å². The number of hydrogen-bond acceptors (Lipinski definition) is 3. The molecule has 0 saturated carbocycles. The molecule has 2 aromatic rings. The molecular formula is C17H21BrO3. The molecule has 0 aromatic heterocycles. The summed E-state index contributed by atoms with van der Waals surface area (Å²) in [5.41, 5.74) is 0. The van der Waals surface area contributed by atoms with Crippen molar-refractivity contribution in [2.24, 2.45) is 0 Å². The van der Waals surface area contributed by atoms with Gasteiger partial charge in [0.05, 0.1) is 23.8 Å². The lowest BCUT2D eigenvalue weighted by atomic mass is 10.1. The van der Waals surface area contributed by atoms with Gasteiger partial charge in [0.1, 0.15) is 17.2 Å². The van der Waals surface area contributed by atoms with Crippen LogP contribution >= 0.6 is 15.9 Å². The molecule has 0 saturated heterocycles. The molecule has 3 nitrogen and oxygen atoms in total. The van der Waals surface area contributed by atoms with Gasteiger partial charge in [0.2, 0.25) is 0 Å². The topological polar surface area (TPSA) is 27.7 Å². The highest BCUT2D eigenvalue weighted by atomic mass is 79.9. The molecule has 2 aromatic carbocycles. The average Bonchev–Trinajstić information content (AvgIpc) is 2.36. The van der Waals surface area contributed by atoms with Gasteiger partial charge in [-0.25, -0.2) is 0 Å². The quantitative estimate of drug-likeness (QED) is 0.741. The third kappa shape index (κ3) is 3.62. The Balaban J connectivity index is 2.68. The van der Waals surface area contributed by atoms with E-state index in [0.29, 0.717) is 0 Å². The van der Waals surface area contributed by atoms with E-state index < -0.39 is 0 Å². The highest BCUT2D eigenvalue weighted by molar-refractivity contribution is 9.10. The molecule has 0 spiro atoms. The minimum absolute atomic E-state index is 0.0946. The molecule has 0 radical (unpaired) electrons. The maximum Gasteiger partial charge on any atom is 0.141 e. The first-order valence-electron chi connectivity index (χ1n) is 7.06. The summed E-state index contributed by atoms with van der Waals surface area (Å²) >= 11 is 3.52. The Morgan fingerprint density at radius 3 is 2.14 bits per heavy atom. The molecular weight excluding hydrogens is 332 g/mol. The summed E-state index contributed by atoms with van der Waals surface area (Å²) in [4.78, 5) is 0. The average molecular weight is 353 g/mol. The first-order chi connectivity index (χ1) is 9.92. The Morgan fingerprint density at radius 1 is 0.905 bits per heavy atom. The van der Waals surface area contributed by atoms with E-state index in [1.54, 1.807) is 7.11 Å². The summed E-state index contributed by atoms with van der Waals surface area (Å²) in [5.74, 6) is 2.38. The van der Waals surface area contributed by atoms with Crippen LogP contribution in [-0.2, 0) is 0 Å². The minimum atomic E-state index is 0.0946. The van der Waals surface area contributed by atoms with Gasteiger partial charge in [0.25, 0.3) is 0 Å². The Kier molecular flexibility index (Phi) is 4.99. The van der Waals surface area contributed by atoms with Gasteiger partial charge in [-0.05, 0) is 61.8 Å². The Morgan fingerprint density at radius 2 is 1.57 bits per heavy atom. The number of rotatable bonds is 5. The third-order valence-corrected chi connectivity index (χ3v) is 3.54. The smallest absolute Gasteiger partial charge is 0.141 e. The Bertz CT molecular complexity index is 635. The highest BCUT2D eigenvalue weighted by Gasteiger charge is 2.14. The van der Waals surface area contributed by atoms with Crippen LogP contribution in [0.15, 0.2) is 28.7 Å². The second-order valence-electron chi connectivity index (χ2n) is 5.43. The van der Waals surface area contributed by atoms with E-state index in [-0.39, 0.29) is 12.2 Å². The summed E-state index contributed by atoms with van der Waals surface area (Å²) in [7, 11) is 1.67. The van der Waals surface area contributed by atoms with E-state index in [1.807, 2.05) is 52.0 Å². The highest BCUT2D eigenvalue weighted by Crippen LogP contribution is 2.40. The first kappa shape index (κ1) is 16.0. The van der Waals surface area contributed by atoms with Crippen molar-refractivity contribution in [3.05, 3.63) is 28.7 Å². The molecule has 0 atom stereocenters. The number of halogens is 1. The second-order valence-corrected chi connectivity index (χ2v) is 6.28. The van der Waals surface area contributed by atoms with Crippen molar-refractivity contribution >= 4 is 26.7 Å². The van der Waals surface area contributed by atoms with E-state index in [2.05, 4.69) is 15.9 Å². The molecule has 21 heavy (non-hydrogen) atoms. The summed E-state index contributed by atoms with van der Waals surface area (Å²) in [6.45, 7) is 8.03. The molecule has 0 N–H and O–H groups in total. The predicted octanol–water partition coefficient (Wildman–Crippen LogP) is 5.19. The second kappa shape index (κ2) is 6.56. The largest absolute Gasteiger partial charge is 0.495 e. The zero-order chi connectivity index (χ0) is 15.6. The molecule has 0 unspecified atom stereocenters. The van der Waals surface area contributed by atoms with Gasteiger partial charge >= 0.3 is 0 Å². The summed E-state index contributed by atoms with van der Waals surface area (Å²) in [6, 6.07) is 7.93. The van der Waals surface area contributed by atoms with Crippen molar-refractivity contribution in [2.45, 2.75) is 39.9 Å². The van der Waals surface area contributed by atoms with E-state index in [1.165, 1.54) is 0 Å². The molecule has 0 aliphatic rings. The van der Waals surface area contributed by atoms with Crippen molar-refractivity contribution in [2.75, 3.05) is 7.11 Å². The molecule has 0 heterocycles. The van der Waals surface area contributed by atoms with Crippen LogP contribution in [0.25, 0.3) is 10.8 Å². The number of methoxy groups -OCH3 is 1. The minimum Gasteiger partial charge on any atom is -0.495 e. The van der Waals surface area contributed by atoms with Gasteiger partial charge in [-0.2, -0.15) is 0 Å². The van der Waals surface area contributed by atoms with Crippen molar-refractivity contribution in [1.29, 1.82) is 0 Å². The molecule has 4 heteroatoms. The van der Waals surface area contributed by atoms with E-state index in [9.17, 15) is 0 Å².